The summed E-state index contributed by atoms with van der Waals surface area (Å²) < 4.78 is 8.39. The van der Waals surface area contributed by atoms with E-state index in [1.54, 1.807) is 16.1 Å². The summed E-state index contributed by atoms with van der Waals surface area (Å²) >= 11 is 0. The van der Waals surface area contributed by atoms with Crippen molar-refractivity contribution in [1.29, 1.82) is 0 Å². The number of amides is 1. The van der Waals surface area contributed by atoms with Crippen LogP contribution in [0.15, 0.2) is 51.8 Å². The fraction of sp³-hybridized carbons (Fsp3) is 0.333. The Morgan fingerprint density at radius 3 is 2.62 bits per heavy atom. The van der Waals surface area contributed by atoms with Crippen LogP contribution in [0, 0.1) is 6.92 Å². The summed E-state index contributed by atoms with van der Waals surface area (Å²) in [6.45, 7) is 6.87. The second kappa shape index (κ2) is 7.78. The summed E-state index contributed by atoms with van der Waals surface area (Å²) in [5.74, 6) is 0.864. The molecule has 0 N–H and O–H groups in total. The molecular weight excluding hydrogens is 406 g/mol. The maximum Gasteiger partial charge on any atom is 0.329 e. The Morgan fingerprint density at radius 1 is 1.12 bits per heavy atom. The Labute approximate surface area is 185 Å². The molecule has 8 heteroatoms. The maximum absolute atomic E-state index is 13.3. The highest BCUT2D eigenvalue weighted by molar-refractivity contribution is 5.84. The molecule has 0 saturated carbocycles. The van der Waals surface area contributed by atoms with E-state index in [4.69, 9.17) is 4.52 Å². The van der Waals surface area contributed by atoms with Crippen molar-refractivity contribution < 1.29 is 9.32 Å². The number of carbonyl (C=O) groups excluding carboxylic acids is 1. The van der Waals surface area contributed by atoms with Crippen LogP contribution in [0.5, 0.6) is 0 Å². The molecule has 32 heavy (non-hydrogen) atoms. The first-order valence-corrected chi connectivity index (χ1v) is 10.8. The Kier molecular flexibility index (Phi) is 4.92. The fourth-order valence-electron chi connectivity index (χ4n) is 4.43. The highest BCUT2D eigenvalue weighted by atomic mass is 16.5. The maximum atomic E-state index is 13.3. The van der Waals surface area contributed by atoms with E-state index in [1.807, 2.05) is 49.1 Å². The number of aromatic nitrogens is 4. The Hall–Kier alpha value is -3.68. The van der Waals surface area contributed by atoms with Gasteiger partial charge >= 0.3 is 5.69 Å². The highest BCUT2D eigenvalue weighted by Crippen LogP contribution is 2.25. The van der Waals surface area contributed by atoms with E-state index < -0.39 is 0 Å². The number of aryl methyl sites for hydroxylation is 1. The molecule has 1 aliphatic heterocycles. The number of fused-ring (bicyclic) bond motifs is 2. The van der Waals surface area contributed by atoms with Crippen LogP contribution < -0.4 is 5.69 Å². The summed E-state index contributed by atoms with van der Waals surface area (Å²) in [7, 11) is 0. The normalized spacial score (nSPS) is 13.7. The smallest absolute Gasteiger partial charge is 0.329 e. The van der Waals surface area contributed by atoms with E-state index in [9.17, 15) is 9.59 Å². The molecule has 0 radical (unpaired) electrons. The van der Waals surface area contributed by atoms with Crippen molar-refractivity contribution in [1.82, 2.24) is 24.2 Å². The van der Waals surface area contributed by atoms with E-state index in [0.717, 1.165) is 17.5 Å². The van der Waals surface area contributed by atoms with Crippen LogP contribution in [0.3, 0.4) is 0 Å². The third-order valence-electron chi connectivity index (χ3n) is 6.04. The highest BCUT2D eigenvalue weighted by Gasteiger charge is 2.24. The average molecular weight is 431 g/mol. The van der Waals surface area contributed by atoms with Crippen molar-refractivity contribution in [3.05, 3.63) is 70.0 Å². The standard InChI is InChI=1S/C24H25N5O3/c1-15(2)29-20-9-8-18(23-25-16(3)32-26-23)12-21(20)28(24(29)31)14-22(30)27-11-10-17-6-4-5-7-19(17)13-27/h4-9,12,15H,10-11,13-14H2,1-3H3. The van der Waals surface area contributed by atoms with Crippen molar-refractivity contribution >= 4 is 16.9 Å². The van der Waals surface area contributed by atoms with Gasteiger partial charge < -0.3 is 9.42 Å². The summed E-state index contributed by atoms with van der Waals surface area (Å²) in [4.78, 5) is 32.7. The molecule has 1 amide bonds. The van der Waals surface area contributed by atoms with Crippen LogP contribution in [0.4, 0.5) is 0 Å². The topological polar surface area (TPSA) is 86.2 Å². The average Bonchev–Trinajstić information content (AvgIpc) is 3.34. The van der Waals surface area contributed by atoms with Gasteiger partial charge in [-0.2, -0.15) is 4.98 Å². The van der Waals surface area contributed by atoms with Crippen LogP contribution in [-0.4, -0.2) is 36.6 Å². The molecule has 4 aromatic rings. The van der Waals surface area contributed by atoms with Crippen LogP contribution in [-0.2, 0) is 24.3 Å². The lowest BCUT2D eigenvalue weighted by atomic mass is 10.00. The summed E-state index contributed by atoms with van der Waals surface area (Å²) in [6.07, 6.45) is 0.825. The second-order valence-corrected chi connectivity index (χ2v) is 8.51. The van der Waals surface area contributed by atoms with E-state index in [-0.39, 0.29) is 24.2 Å². The van der Waals surface area contributed by atoms with Gasteiger partial charge in [-0.15, -0.1) is 0 Å². The Morgan fingerprint density at radius 2 is 1.91 bits per heavy atom. The van der Waals surface area contributed by atoms with Crippen molar-refractivity contribution in [2.75, 3.05) is 6.54 Å². The lowest BCUT2D eigenvalue weighted by Crippen LogP contribution is -2.40. The molecule has 3 heterocycles. The lowest BCUT2D eigenvalue weighted by molar-refractivity contribution is -0.132. The zero-order valence-corrected chi connectivity index (χ0v) is 18.4. The Balaban J connectivity index is 1.53. The molecule has 0 aliphatic carbocycles. The molecule has 5 rings (SSSR count). The minimum absolute atomic E-state index is 0.00799. The van der Waals surface area contributed by atoms with Gasteiger partial charge in [0.1, 0.15) is 6.54 Å². The molecule has 0 unspecified atom stereocenters. The van der Waals surface area contributed by atoms with E-state index in [0.29, 0.717) is 30.3 Å². The van der Waals surface area contributed by atoms with E-state index in [2.05, 4.69) is 22.3 Å². The van der Waals surface area contributed by atoms with Gasteiger partial charge in [0, 0.05) is 31.6 Å². The SMILES string of the molecule is Cc1nc(-c2ccc3c(c2)n(CC(=O)N2CCc4ccccc4C2)c(=O)n3C(C)C)no1. The number of imidazole rings is 1. The van der Waals surface area contributed by atoms with Crippen molar-refractivity contribution in [2.24, 2.45) is 0 Å². The predicted octanol–water partition coefficient (Wildman–Crippen LogP) is 3.33. The number of carbonyl (C=O) groups is 1. The molecule has 164 valence electrons. The molecule has 2 aromatic carbocycles. The predicted molar refractivity (Wildman–Crippen MR) is 120 cm³/mol. The Bertz CT molecular complexity index is 1380. The minimum atomic E-state index is -0.192. The zero-order chi connectivity index (χ0) is 22.4. The van der Waals surface area contributed by atoms with Gasteiger partial charge in [0.2, 0.25) is 17.6 Å². The number of rotatable bonds is 4. The van der Waals surface area contributed by atoms with Crippen molar-refractivity contribution in [2.45, 2.75) is 46.3 Å². The molecule has 2 aromatic heterocycles. The molecule has 0 fully saturated rings. The summed E-state index contributed by atoms with van der Waals surface area (Å²) in [5.41, 5.74) is 4.47. The molecule has 8 nitrogen and oxygen atoms in total. The molecule has 0 saturated heterocycles. The van der Waals surface area contributed by atoms with Gasteiger partial charge in [0.15, 0.2) is 0 Å². The monoisotopic (exact) mass is 431 g/mol. The fourth-order valence-corrected chi connectivity index (χ4v) is 4.43. The largest absolute Gasteiger partial charge is 0.339 e. The molecule has 0 atom stereocenters. The second-order valence-electron chi connectivity index (χ2n) is 8.51. The van der Waals surface area contributed by atoms with Crippen LogP contribution in [0.25, 0.3) is 22.4 Å². The number of nitrogens with zero attached hydrogens (tertiary/aromatic N) is 5. The van der Waals surface area contributed by atoms with Gasteiger partial charge in [0.05, 0.1) is 11.0 Å². The quantitative estimate of drug-likeness (QED) is 0.495. The van der Waals surface area contributed by atoms with Crippen molar-refractivity contribution in [3.63, 3.8) is 0 Å². The first-order valence-electron chi connectivity index (χ1n) is 10.8. The van der Waals surface area contributed by atoms with E-state index in [1.165, 1.54) is 11.1 Å². The van der Waals surface area contributed by atoms with Crippen LogP contribution in [0.2, 0.25) is 0 Å². The number of hydrogen-bond acceptors (Lipinski definition) is 5. The molecule has 0 spiro atoms. The number of benzene rings is 2. The van der Waals surface area contributed by atoms with Gasteiger partial charge in [-0.05, 0) is 49.6 Å². The van der Waals surface area contributed by atoms with Gasteiger partial charge in [-0.1, -0.05) is 29.4 Å². The van der Waals surface area contributed by atoms with Crippen molar-refractivity contribution in [3.8, 4) is 11.4 Å². The van der Waals surface area contributed by atoms with Gasteiger partial charge in [-0.25, -0.2) is 4.79 Å². The minimum Gasteiger partial charge on any atom is -0.339 e. The molecule has 1 aliphatic rings. The number of hydrogen-bond donors (Lipinski definition) is 0. The first kappa shape index (κ1) is 20.2. The molecular formula is C24H25N5O3. The lowest BCUT2D eigenvalue weighted by Gasteiger charge is -2.29. The first-order chi connectivity index (χ1) is 15.4. The third kappa shape index (κ3) is 3.41. The van der Waals surface area contributed by atoms with E-state index >= 15 is 0 Å². The van der Waals surface area contributed by atoms with Crippen LogP contribution in [0.1, 0.15) is 36.9 Å². The summed E-state index contributed by atoms with van der Waals surface area (Å²) in [5, 5.41) is 3.99. The van der Waals surface area contributed by atoms with Gasteiger partial charge in [0.25, 0.3) is 0 Å². The molecule has 0 bridgehead atoms. The van der Waals surface area contributed by atoms with Crippen LogP contribution >= 0.6 is 0 Å². The zero-order valence-electron chi connectivity index (χ0n) is 18.4. The third-order valence-corrected chi connectivity index (χ3v) is 6.04. The van der Waals surface area contributed by atoms with Gasteiger partial charge in [-0.3, -0.25) is 13.9 Å². The summed E-state index contributed by atoms with van der Waals surface area (Å²) in [6, 6.07) is 13.8.